The van der Waals surface area contributed by atoms with Crippen LogP contribution < -0.4 is 10.6 Å². The molecule has 0 aliphatic carbocycles. The second-order valence-electron chi connectivity index (χ2n) is 6.00. The van der Waals surface area contributed by atoms with Gasteiger partial charge in [0.05, 0.1) is 6.54 Å². The van der Waals surface area contributed by atoms with Crippen molar-refractivity contribution in [1.82, 2.24) is 20.1 Å². The van der Waals surface area contributed by atoms with Crippen LogP contribution in [0.15, 0.2) is 41.0 Å². The molecule has 0 saturated heterocycles. The van der Waals surface area contributed by atoms with Crippen LogP contribution in [0.1, 0.15) is 17.4 Å². The fourth-order valence-electron chi connectivity index (χ4n) is 2.97. The van der Waals surface area contributed by atoms with Crippen LogP contribution in [0.4, 0.5) is 0 Å². The Balaban J connectivity index is 0.00000225. The van der Waals surface area contributed by atoms with Crippen molar-refractivity contribution in [3.63, 3.8) is 0 Å². The molecular formula is C18H28IN5S. The van der Waals surface area contributed by atoms with Crippen LogP contribution in [0.3, 0.4) is 0 Å². The summed E-state index contributed by atoms with van der Waals surface area (Å²) in [6.45, 7) is 8.89. The first-order valence-electron chi connectivity index (χ1n) is 8.75. The molecular weight excluding hydrogens is 445 g/mol. The van der Waals surface area contributed by atoms with Gasteiger partial charge in [-0.1, -0.05) is 0 Å². The van der Waals surface area contributed by atoms with E-state index in [9.17, 15) is 0 Å². The molecule has 0 saturated carbocycles. The van der Waals surface area contributed by atoms with Crippen molar-refractivity contribution in [2.24, 2.45) is 4.99 Å². The second kappa shape index (κ2) is 10.8. The molecule has 1 aliphatic heterocycles. The molecule has 0 radical (unpaired) electrons. The molecule has 5 nitrogen and oxygen atoms in total. The predicted molar refractivity (Wildman–Crippen MR) is 117 cm³/mol. The molecule has 0 spiro atoms. The predicted octanol–water partition coefficient (Wildman–Crippen LogP) is 2.78. The molecule has 0 unspecified atom stereocenters. The lowest BCUT2D eigenvalue weighted by molar-refractivity contribution is 0.263. The third-order valence-electron chi connectivity index (χ3n) is 4.25. The Hall–Kier alpha value is -1.06. The smallest absolute Gasteiger partial charge is 0.191 e. The number of halogens is 1. The first kappa shape index (κ1) is 20.3. The van der Waals surface area contributed by atoms with E-state index in [1.807, 2.05) is 11.3 Å². The molecule has 0 bridgehead atoms. The van der Waals surface area contributed by atoms with E-state index in [-0.39, 0.29) is 24.0 Å². The maximum Gasteiger partial charge on any atom is 0.191 e. The Morgan fingerprint density at radius 3 is 2.88 bits per heavy atom. The number of nitrogens with one attached hydrogen (secondary N) is 2. The normalized spacial score (nSPS) is 14.7. The van der Waals surface area contributed by atoms with Gasteiger partial charge >= 0.3 is 0 Å². The third-order valence-corrected chi connectivity index (χ3v) is 5.27. The average molecular weight is 473 g/mol. The molecule has 25 heavy (non-hydrogen) atoms. The van der Waals surface area contributed by atoms with Crippen molar-refractivity contribution >= 4 is 41.3 Å². The fourth-order valence-corrected chi connectivity index (χ4v) is 3.86. The Morgan fingerprint density at radius 2 is 2.08 bits per heavy atom. The Bertz CT molecular complexity index is 638. The van der Waals surface area contributed by atoms with E-state index in [0.717, 1.165) is 51.8 Å². The highest BCUT2D eigenvalue weighted by Crippen LogP contribution is 2.23. The molecule has 138 valence electrons. The standard InChI is InChI=1S/C18H27N5S.HI/c1-2-19-18(20-7-12-22-9-3-4-10-22)21-8-13-23-11-5-17-16(15-23)6-14-24-17;/h3-4,6,9-10,14H,2,5,7-8,11-13,15H2,1H3,(H2,19,20,21);1H. The maximum absolute atomic E-state index is 4.72. The van der Waals surface area contributed by atoms with Gasteiger partial charge in [0.15, 0.2) is 5.96 Å². The number of guanidine groups is 1. The highest BCUT2D eigenvalue weighted by molar-refractivity contribution is 14.0. The molecule has 2 aromatic rings. The summed E-state index contributed by atoms with van der Waals surface area (Å²) in [7, 11) is 0. The SMILES string of the molecule is CCNC(=NCCN1CCc2sccc2C1)NCCn1cccc1.I. The Kier molecular flexibility index (Phi) is 8.77. The molecule has 7 heteroatoms. The molecule has 0 aromatic carbocycles. The van der Waals surface area contributed by atoms with Gasteiger partial charge in [0.1, 0.15) is 0 Å². The van der Waals surface area contributed by atoms with Gasteiger partial charge in [0, 0.05) is 56.5 Å². The summed E-state index contributed by atoms with van der Waals surface area (Å²) in [5, 5.41) is 8.95. The number of aliphatic imine (C=N–C) groups is 1. The molecule has 1 aliphatic rings. The van der Waals surface area contributed by atoms with Gasteiger partial charge in [-0.05, 0) is 42.5 Å². The van der Waals surface area contributed by atoms with Crippen molar-refractivity contribution in [1.29, 1.82) is 0 Å². The number of hydrogen-bond donors (Lipinski definition) is 2. The zero-order valence-corrected chi connectivity index (χ0v) is 17.9. The minimum Gasteiger partial charge on any atom is -0.357 e. The van der Waals surface area contributed by atoms with Crippen LogP contribution in [-0.2, 0) is 19.5 Å². The van der Waals surface area contributed by atoms with Crippen LogP contribution in [0.5, 0.6) is 0 Å². The zero-order valence-electron chi connectivity index (χ0n) is 14.8. The van der Waals surface area contributed by atoms with Gasteiger partial charge in [0.2, 0.25) is 0 Å². The lowest BCUT2D eigenvalue weighted by atomic mass is 10.1. The summed E-state index contributed by atoms with van der Waals surface area (Å²) in [4.78, 5) is 8.78. The molecule has 0 amide bonds. The summed E-state index contributed by atoms with van der Waals surface area (Å²) in [5.74, 6) is 0.915. The Labute approximate surface area is 171 Å². The lowest BCUT2D eigenvalue weighted by Crippen LogP contribution is -2.39. The quantitative estimate of drug-likeness (QED) is 0.370. The van der Waals surface area contributed by atoms with Gasteiger partial charge in [-0.25, -0.2) is 0 Å². The van der Waals surface area contributed by atoms with Crippen molar-refractivity contribution in [3.05, 3.63) is 46.4 Å². The van der Waals surface area contributed by atoms with Gasteiger partial charge < -0.3 is 15.2 Å². The summed E-state index contributed by atoms with van der Waals surface area (Å²) < 4.78 is 2.17. The number of aromatic nitrogens is 1. The van der Waals surface area contributed by atoms with Crippen LogP contribution in [0.25, 0.3) is 0 Å². The lowest BCUT2D eigenvalue weighted by Gasteiger charge is -2.26. The van der Waals surface area contributed by atoms with Gasteiger partial charge in [-0.3, -0.25) is 9.89 Å². The van der Waals surface area contributed by atoms with E-state index >= 15 is 0 Å². The van der Waals surface area contributed by atoms with Crippen LogP contribution >= 0.6 is 35.3 Å². The van der Waals surface area contributed by atoms with Crippen molar-refractivity contribution in [2.45, 2.75) is 26.4 Å². The van der Waals surface area contributed by atoms with Crippen molar-refractivity contribution < 1.29 is 0 Å². The minimum atomic E-state index is 0. The number of nitrogens with zero attached hydrogens (tertiary/aromatic N) is 3. The second-order valence-corrected chi connectivity index (χ2v) is 7.00. The number of rotatable bonds is 7. The molecule has 0 fully saturated rings. The summed E-state index contributed by atoms with van der Waals surface area (Å²) in [6, 6.07) is 6.37. The average Bonchev–Trinajstić information content (AvgIpc) is 3.25. The van der Waals surface area contributed by atoms with Gasteiger partial charge in [-0.2, -0.15) is 0 Å². The number of thiophene rings is 1. The van der Waals surface area contributed by atoms with Crippen molar-refractivity contribution in [3.8, 4) is 0 Å². The van der Waals surface area contributed by atoms with Crippen LogP contribution in [0.2, 0.25) is 0 Å². The monoisotopic (exact) mass is 473 g/mol. The molecule has 2 aromatic heterocycles. The number of fused-ring (bicyclic) bond motifs is 1. The molecule has 3 rings (SSSR count). The van der Waals surface area contributed by atoms with Crippen LogP contribution in [0, 0.1) is 0 Å². The van der Waals surface area contributed by atoms with Gasteiger partial charge in [-0.15, -0.1) is 35.3 Å². The minimum absolute atomic E-state index is 0. The summed E-state index contributed by atoms with van der Waals surface area (Å²) in [6.07, 6.45) is 5.35. The maximum atomic E-state index is 4.72. The van der Waals surface area contributed by atoms with E-state index in [2.05, 4.69) is 63.0 Å². The van der Waals surface area contributed by atoms with Crippen molar-refractivity contribution in [2.75, 3.05) is 32.7 Å². The summed E-state index contributed by atoms with van der Waals surface area (Å²) in [5.41, 5.74) is 1.51. The van der Waals surface area contributed by atoms with E-state index in [1.54, 1.807) is 4.88 Å². The fraction of sp³-hybridized carbons (Fsp3) is 0.500. The largest absolute Gasteiger partial charge is 0.357 e. The molecule has 3 heterocycles. The first-order chi connectivity index (χ1) is 11.8. The van der Waals surface area contributed by atoms with E-state index < -0.39 is 0 Å². The zero-order chi connectivity index (χ0) is 16.6. The third kappa shape index (κ3) is 6.31. The topological polar surface area (TPSA) is 44.6 Å². The molecule has 2 N–H and O–H groups in total. The van der Waals surface area contributed by atoms with E-state index in [4.69, 9.17) is 4.99 Å². The first-order valence-corrected chi connectivity index (χ1v) is 9.63. The van der Waals surface area contributed by atoms with E-state index in [1.165, 1.54) is 12.0 Å². The highest BCUT2D eigenvalue weighted by Gasteiger charge is 2.16. The Morgan fingerprint density at radius 1 is 1.24 bits per heavy atom. The number of hydrogen-bond acceptors (Lipinski definition) is 3. The highest BCUT2D eigenvalue weighted by atomic mass is 127. The van der Waals surface area contributed by atoms with Gasteiger partial charge in [0.25, 0.3) is 0 Å². The van der Waals surface area contributed by atoms with Crippen LogP contribution in [-0.4, -0.2) is 48.2 Å². The summed E-state index contributed by atoms with van der Waals surface area (Å²) >= 11 is 1.89. The van der Waals surface area contributed by atoms with E-state index in [0.29, 0.717) is 0 Å². The molecule has 0 atom stereocenters.